The minimum absolute atomic E-state index is 0.0291. The number of fused-ring (bicyclic) bond motifs is 3. The van der Waals surface area contributed by atoms with Crippen LogP contribution >= 0.6 is 0 Å². The van der Waals surface area contributed by atoms with E-state index in [2.05, 4.69) is 23.3 Å². The molecule has 2 aromatic rings. The van der Waals surface area contributed by atoms with Gasteiger partial charge in [0.1, 0.15) is 5.75 Å². The maximum Gasteiger partial charge on any atom is 0.255 e. The van der Waals surface area contributed by atoms with Crippen molar-refractivity contribution in [3.05, 3.63) is 53.3 Å². The second-order valence-electron chi connectivity index (χ2n) is 8.96. The van der Waals surface area contributed by atoms with Gasteiger partial charge in [0.25, 0.3) is 5.91 Å². The van der Waals surface area contributed by atoms with Crippen LogP contribution in [-0.4, -0.2) is 36.5 Å². The third kappa shape index (κ3) is 3.52. The van der Waals surface area contributed by atoms with Gasteiger partial charge in [-0.3, -0.25) is 9.78 Å². The quantitative estimate of drug-likeness (QED) is 0.782. The van der Waals surface area contributed by atoms with Gasteiger partial charge in [0, 0.05) is 35.6 Å². The maximum atomic E-state index is 12.9. The number of anilines is 1. The lowest BCUT2D eigenvalue weighted by Crippen LogP contribution is -2.48. The lowest BCUT2D eigenvalue weighted by atomic mass is 9.59. The van der Waals surface area contributed by atoms with Crippen LogP contribution in [0.2, 0.25) is 0 Å². The summed E-state index contributed by atoms with van der Waals surface area (Å²) in [6.07, 6.45) is 6.53. The van der Waals surface area contributed by atoms with Gasteiger partial charge in [0.15, 0.2) is 5.79 Å². The Balaban J connectivity index is 1.44. The van der Waals surface area contributed by atoms with Crippen molar-refractivity contribution in [2.24, 2.45) is 5.92 Å². The molecule has 6 heteroatoms. The molecule has 2 aliphatic heterocycles. The van der Waals surface area contributed by atoms with E-state index in [0.29, 0.717) is 31.3 Å². The number of benzene rings is 1. The van der Waals surface area contributed by atoms with Gasteiger partial charge in [0.2, 0.25) is 0 Å². The number of nitrogens with one attached hydrogen (secondary N) is 1. The van der Waals surface area contributed by atoms with Crippen LogP contribution in [0.15, 0.2) is 36.5 Å². The molecule has 1 aromatic heterocycles. The zero-order valence-electron chi connectivity index (χ0n) is 18.3. The Morgan fingerprint density at radius 2 is 2.03 bits per heavy atom. The standard InChI is InChI=1S/C25H30N2O4/c1-3-24-9-10-25(30-13-14-31-25)16-19(24)8-12-29-22-15-18(6-7-20(22)24)23(28)27-21-5-4-11-26-17(21)2/h4-7,11,15,19H,3,8-10,12-14,16H2,1-2H3,(H,27,28)/t19-,24+/m0/s1. The number of hydrogen-bond donors (Lipinski definition) is 1. The predicted molar refractivity (Wildman–Crippen MR) is 117 cm³/mol. The molecule has 1 N–H and O–H groups in total. The number of aryl methyl sites for hydroxylation is 1. The molecule has 3 aliphatic rings. The Bertz CT molecular complexity index is 985. The highest BCUT2D eigenvalue weighted by molar-refractivity contribution is 6.04. The molecule has 3 heterocycles. The number of ether oxygens (including phenoxy) is 3. The predicted octanol–water partition coefficient (Wildman–Crippen LogP) is 4.62. The summed E-state index contributed by atoms with van der Waals surface area (Å²) in [6.45, 7) is 6.17. The molecule has 0 bridgehead atoms. The molecule has 6 nitrogen and oxygen atoms in total. The number of carbonyl (C=O) groups excluding carboxylic acids is 1. The third-order valence-corrected chi connectivity index (χ3v) is 7.49. The van der Waals surface area contributed by atoms with Gasteiger partial charge in [-0.05, 0) is 56.4 Å². The number of amides is 1. The van der Waals surface area contributed by atoms with Crippen molar-refractivity contribution in [3.63, 3.8) is 0 Å². The Morgan fingerprint density at radius 3 is 2.81 bits per heavy atom. The zero-order chi connectivity index (χ0) is 21.5. The number of nitrogens with zero attached hydrogens (tertiary/aromatic N) is 1. The van der Waals surface area contributed by atoms with E-state index in [4.69, 9.17) is 14.2 Å². The molecular formula is C25H30N2O4. The number of hydrogen-bond acceptors (Lipinski definition) is 5. The van der Waals surface area contributed by atoms with E-state index < -0.39 is 5.79 Å². The Morgan fingerprint density at radius 1 is 1.19 bits per heavy atom. The van der Waals surface area contributed by atoms with E-state index in [-0.39, 0.29) is 11.3 Å². The summed E-state index contributed by atoms with van der Waals surface area (Å²) in [7, 11) is 0. The highest BCUT2D eigenvalue weighted by Crippen LogP contribution is 2.55. The normalized spacial score (nSPS) is 26.5. The van der Waals surface area contributed by atoms with Crippen LogP contribution in [-0.2, 0) is 14.9 Å². The summed E-state index contributed by atoms with van der Waals surface area (Å²) in [6, 6.07) is 9.62. The fourth-order valence-electron chi connectivity index (χ4n) is 5.75. The van der Waals surface area contributed by atoms with Gasteiger partial charge in [-0.25, -0.2) is 0 Å². The monoisotopic (exact) mass is 422 g/mol. The number of carbonyl (C=O) groups is 1. The lowest BCUT2D eigenvalue weighted by molar-refractivity contribution is -0.199. The molecule has 5 rings (SSSR count). The fourth-order valence-corrected chi connectivity index (χ4v) is 5.75. The van der Waals surface area contributed by atoms with E-state index >= 15 is 0 Å². The number of aromatic nitrogens is 1. The van der Waals surface area contributed by atoms with Crippen molar-refractivity contribution in [2.75, 3.05) is 25.1 Å². The second kappa shape index (κ2) is 7.92. The van der Waals surface area contributed by atoms with Crippen LogP contribution in [0, 0.1) is 12.8 Å². The van der Waals surface area contributed by atoms with E-state index in [0.717, 1.165) is 49.2 Å². The van der Waals surface area contributed by atoms with Crippen molar-refractivity contribution in [1.29, 1.82) is 0 Å². The summed E-state index contributed by atoms with van der Waals surface area (Å²) in [5.74, 6) is 0.714. The lowest BCUT2D eigenvalue weighted by Gasteiger charge is -2.49. The molecule has 0 unspecified atom stereocenters. The summed E-state index contributed by atoms with van der Waals surface area (Å²) < 4.78 is 18.3. The minimum Gasteiger partial charge on any atom is -0.493 e. The average molecular weight is 423 g/mol. The second-order valence-corrected chi connectivity index (χ2v) is 8.96. The van der Waals surface area contributed by atoms with Crippen LogP contribution < -0.4 is 10.1 Å². The molecule has 1 aromatic carbocycles. The SMILES string of the molecule is CC[C@@]12CCC3(C[C@@H]1CCOc1cc(C(=O)Nc4cccnc4C)ccc12)OCCO3. The maximum absolute atomic E-state index is 12.9. The minimum atomic E-state index is -0.407. The molecule has 1 spiro atoms. The summed E-state index contributed by atoms with van der Waals surface area (Å²) >= 11 is 0. The topological polar surface area (TPSA) is 69.7 Å². The Labute approximate surface area is 183 Å². The van der Waals surface area contributed by atoms with Gasteiger partial charge in [0.05, 0.1) is 31.2 Å². The molecule has 1 saturated heterocycles. The molecule has 164 valence electrons. The zero-order valence-corrected chi connectivity index (χ0v) is 18.3. The van der Waals surface area contributed by atoms with Crippen LogP contribution in [0.3, 0.4) is 0 Å². The molecule has 1 saturated carbocycles. The van der Waals surface area contributed by atoms with Gasteiger partial charge in [-0.1, -0.05) is 13.0 Å². The van der Waals surface area contributed by atoms with Crippen LogP contribution in [0.4, 0.5) is 5.69 Å². The van der Waals surface area contributed by atoms with Crippen molar-refractivity contribution in [2.45, 2.75) is 57.2 Å². The van der Waals surface area contributed by atoms with E-state index in [9.17, 15) is 4.79 Å². The highest BCUT2D eigenvalue weighted by Gasteiger charge is 2.53. The van der Waals surface area contributed by atoms with Crippen molar-refractivity contribution in [3.8, 4) is 5.75 Å². The van der Waals surface area contributed by atoms with E-state index in [1.807, 2.05) is 31.2 Å². The van der Waals surface area contributed by atoms with Crippen molar-refractivity contribution >= 4 is 11.6 Å². The van der Waals surface area contributed by atoms with Crippen LogP contribution in [0.25, 0.3) is 0 Å². The summed E-state index contributed by atoms with van der Waals surface area (Å²) in [5.41, 5.74) is 3.37. The van der Waals surface area contributed by atoms with Crippen molar-refractivity contribution in [1.82, 2.24) is 4.98 Å². The first kappa shape index (κ1) is 20.5. The van der Waals surface area contributed by atoms with E-state index in [1.165, 1.54) is 5.56 Å². The fraction of sp³-hybridized carbons (Fsp3) is 0.520. The molecular weight excluding hydrogens is 392 g/mol. The molecule has 2 atom stereocenters. The smallest absolute Gasteiger partial charge is 0.255 e. The third-order valence-electron chi connectivity index (χ3n) is 7.49. The Hall–Kier alpha value is -2.44. The molecule has 2 fully saturated rings. The summed E-state index contributed by atoms with van der Waals surface area (Å²) in [4.78, 5) is 17.2. The van der Waals surface area contributed by atoms with Gasteiger partial charge in [-0.2, -0.15) is 0 Å². The number of pyridine rings is 1. The molecule has 1 aliphatic carbocycles. The Kier molecular flexibility index (Phi) is 5.22. The highest BCUT2D eigenvalue weighted by atomic mass is 16.7. The largest absolute Gasteiger partial charge is 0.493 e. The van der Waals surface area contributed by atoms with E-state index in [1.54, 1.807) is 6.20 Å². The summed E-state index contributed by atoms with van der Waals surface area (Å²) in [5, 5.41) is 2.97. The average Bonchev–Trinajstić information content (AvgIpc) is 3.17. The number of rotatable bonds is 3. The first-order chi connectivity index (χ1) is 15.1. The van der Waals surface area contributed by atoms with Crippen molar-refractivity contribution < 1.29 is 19.0 Å². The molecule has 31 heavy (non-hydrogen) atoms. The van der Waals surface area contributed by atoms with Crippen LogP contribution in [0.1, 0.15) is 60.6 Å². The first-order valence-electron chi connectivity index (χ1n) is 11.3. The molecule has 0 radical (unpaired) electrons. The first-order valence-corrected chi connectivity index (χ1v) is 11.3. The van der Waals surface area contributed by atoms with Gasteiger partial charge in [-0.15, -0.1) is 0 Å². The van der Waals surface area contributed by atoms with Crippen LogP contribution in [0.5, 0.6) is 5.75 Å². The van der Waals surface area contributed by atoms with Gasteiger partial charge < -0.3 is 19.5 Å². The van der Waals surface area contributed by atoms with Gasteiger partial charge >= 0.3 is 0 Å². The molecule has 1 amide bonds.